The zero-order valence-corrected chi connectivity index (χ0v) is 18.8. The Morgan fingerprint density at radius 3 is 2.53 bits per heavy atom. The monoisotopic (exact) mass is 434 g/mol. The van der Waals surface area contributed by atoms with Crippen LogP contribution in [0.3, 0.4) is 0 Å². The lowest BCUT2D eigenvalue weighted by molar-refractivity contribution is -0.149. The highest BCUT2D eigenvalue weighted by Gasteiger charge is 2.28. The van der Waals surface area contributed by atoms with Gasteiger partial charge in [0.1, 0.15) is 0 Å². The van der Waals surface area contributed by atoms with Gasteiger partial charge >= 0.3 is 5.97 Å². The number of benzene rings is 1. The Hall–Kier alpha value is -1.43. The molecule has 1 heterocycles. The van der Waals surface area contributed by atoms with Crippen LogP contribution in [0.4, 0.5) is 0 Å². The third-order valence-corrected chi connectivity index (χ3v) is 6.78. The Labute approximate surface area is 185 Å². The van der Waals surface area contributed by atoms with Crippen LogP contribution in [0.2, 0.25) is 5.02 Å². The smallest absolute Gasteiger partial charge is 0.308 e. The maximum absolute atomic E-state index is 12.7. The van der Waals surface area contributed by atoms with E-state index in [0.717, 1.165) is 70.4 Å². The minimum atomic E-state index is -0.0155. The molecule has 1 aromatic rings. The molecule has 2 atom stereocenters. The molecule has 1 saturated heterocycles. The number of hydrogen-bond acceptors (Lipinski definition) is 5. The number of Topliss-reactive ketones (excluding diaryl/α,β-unsaturated/α-hetero) is 1. The van der Waals surface area contributed by atoms with Gasteiger partial charge in [0.05, 0.1) is 12.5 Å². The van der Waals surface area contributed by atoms with Crippen LogP contribution in [0.1, 0.15) is 55.8 Å². The number of likely N-dealkylation sites (tertiary alicyclic amines) is 1. The van der Waals surface area contributed by atoms with Crippen LogP contribution >= 0.6 is 11.6 Å². The number of nitrogens with one attached hydrogen (secondary N) is 1. The molecule has 166 valence electrons. The molecule has 1 aliphatic carbocycles. The third-order valence-electron chi connectivity index (χ3n) is 6.53. The lowest BCUT2D eigenvalue weighted by Crippen LogP contribution is -2.41. The third kappa shape index (κ3) is 6.79. The predicted molar refractivity (Wildman–Crippen MR) is 120 cm³/mol. The van der Waals surface area contributed by atoms with Gasteiger partial charge in [-0.3, -0.25) is 9.59 Å². The van der Waals surface area contributed by atoms with Crippen molar-refractivity contribution in [1.29, 1.82) is 0 Å². The summed E-state index contributed by atoms with van der Waals surface area (Å²) in [6, 6.07) is 7.24. The van der Waals surface area contributed by atoms with Crippen molar-refractivity contribution in [2.24, 2.45) is 17.8 Å². The second-order valence-electron chi connectivity index (χ2n) is 8.67. The first-order valence-electron chi connectivity index (χ1n) is 11.5. The lowest BCUT2D eigenvalue weighted by atomic mass is 9.81. The van der Waals surface area contributed by atoms with Crippen LogP contribution in [0, 0.1) is 17.8 Å². The Morgan fingerprint density at radius 2 is 1.83 bits per heavy atom. The van der Waals surface area contributed by atoms with Crippen LogP contribution in [-0.2, 0) is 9.53 Å². The molecular formula is C24H35ClN2O3. The first-order valence-corrected chi connectivity index (χ1v) is 11.8. The van der Waals surface area contributed by atoms with Gasteiger partial charge in [0.2, 0.25) is 0 Å². The van der Waals surface area contributed by atoms with Crippen molar-refractivity contribution in [3.05, 3.63) is 34.9 Å². The van der Waals surface area contributed by atoms with Crippen molar-refractivity contribution < 1.29 is 14.3 Å². The van der Waals surface area contributed by atoms with Crippen LogP contribution in [0.5, 0.6) is 0 Å². The Kier molecular flexibility index (Phi) is 9.16. The van der Waals surface area contributed by atoms with Gasteiger partial charge in [-0.25, -0.2) is 0 Å². The molecule has 0 radical (unpaired) electrons. The molecule has 1 aromatic carbocycles. The molecule has 0 bridgehead atoms. The Balaban J connectivity index is 1.31. The topological polar surface area (TPSA) is 58.6 Å². The molecule has 2 fully saturated rings. The van der Waals surface area contributed by atoms with Crippen molar-refractivity contribution in [1.82, 2.24) is 10.2 Å². The standard InChI is InChI=1S/C24H35ClN2O3/c1-2-30-24(29)21-5-3-4-18(16-21)17-26-12-15-27-13-10-20(11-14-27)23(28)19-6-8-22(25)9-7-19/h6-9,18,20-21,26H,2-5,10-17H2,1H3. The molecule has 2 unspecified atom stereocenters. The van der Waals surface area contributed by atoms with E-state index < -0.39 is 0 Å². The molecule has 30 heavy (non-hydrogen) atoms. The van der Waals surface area contributed by atoms with Gasteiger partial charge in [0.25, 0.3) is 0 Å². The maximum atomic E-state index is 12.7. The fourth-order valence-corrected chi connectivity index (χ4v) is 4.89. The van der Waals surface area contributed by atoms with E-state index in [-0.39, 0.29) is 23.6 Å². The number of esters is 1. The summed E-state index contributed by atoms with van der Waals surface area (Å²) >= 11 is 5.92. The molecule has 2 aliphatic rings. The molecule has 0 aromatic heterocycles. The summed E-state index contributed by atoms with van der Waals surface area (Å²) in [7, 11) is 0. The zero-order chi connectivity index (χ0) is 21.3. The van der Waals surface area contributed by atoms with E-state index in [0.29, 0.717) is 17.5 Å². The molecule has 6 heteroatoms. The van der Waals surface area contributed by atoms with Gasteiger partial charge in [0.15, 0.2) is 5.78 Å². The van der Waals surface area contributed by atoms with Crippen LogP contribution in [-0.4, -0.2) is 56.0 Å². The largest absolute Gasteiger partial charge is 0.466 e. The first kappa shape index (κ1) is 23.2. The van der Waals surface area contributed by atoms with Gasteiger partial charge in [0, 0.05) is 29.6 Å². The minimum absolute atomic E-state index is 0.0155. The molecular weight excluding hydrogens is 400 g/mol. The van der Waals surface area contributed by atoms with Gasteiger partial charge in [-0.1, -0.05) is 18.0 Å². The number of hydrogen-bond donors (Lipinski definition) is 1. The van der Waals surface area contributed by atoms with E-state index in [4.69, 9.17) is 16.3 Å². The van der Waals surface area contributed by atoms with E-state index in [1.54, 1.807) is 12.1 Å². The number of rotatable bonds is 9. The molecule has 0 spiro atoms. The van der Waals surface area contributed by atoms with E-state index in [1.807, 2.05) is 19.1 Å². The highest BCUT2D eigenvalue weighted by molar-refractivity contribution is 6.30. The number of halogens is 1. The summed E-state index contributed by atoms with van der Waals surface area (Å²) in [5.74, 6) is 1.01. The number of nitrogens with zero attached hydrogens (tertiary/aromatic N) is 1. The number of ether oxygens (including phenoxy) is 1. The summed E-state index contributed by atoms with van der Waals surface area (Å²) in [4.78, 5) is 27.1. The summed E-state index contributed by atoms with van der Waals surface area (Å²) in [5, 5.41) is 4.25. The molecule has 3 rings (SSSR count). The van der Waals surface area contributed by atoms with E-state index in [1.165, 1.54) is 6.42 Å². The molecule has 1 aliphatic heterocycles. The predicted octanol–water partition coefficient (Wildman–Crippen LogP) is 4.19. The average Bonchev–Trinajstić information content (AvgIpc) is 2.77. The fraction of sp³-hybridized carbons (Fsp3) is 0.667. The van der Waals surface area contributed by atoms with Gasteiger partial charge in [-0.05, 0) is 88.8 Å². The number of carbonyl (C=O) groups is 2. The Morgan fingerprint density at radius 1 is 1.10 bits per heavy atom. The van der Waals surface area contributed by atoms with E-state index in [2.05, 4.69) is 10.2 Å². The molecule has 5 nitrogen and oxygen atoms in total. The lowest BCUT2D eigenvalue weighted by Gasteiger charge is -2.32. The Bertz CT molecular complexity index is 686. The van der Waals surface area contributed by atoms with Gasteiger partial charge < -0.3 is 15.0 Å². The summed E-state index contributed by atoms with van der Waals surface area (Å²) in [5.41, 5.74) is 0.771. The molecule has 1 saturated carbocycles. The van der Waals surface area contributed by atoms with E-state index in [9.17, 15) is 9.59 Å². The minimum Gasteiger partial charge on any atom is -0.466 e. The highest BCUT2D eigenvalue weighted by Crippen LogP contribution is 2.29. The second kappa shape index (κ2) is 11.8. The summed E-state index contributed by atoms with van der Waals surface area (Å²) < 4.78 is 5.20. The van der Waals surface area contributed by atoms with Crippen molar-refractivity contribution in [2.75, 3.05) is 39.3 Å². The van der Waals surface area contributed by atoms with Crippen LogP contribution in [0.25, 0.3) is 0 Å². The summed E-state index contributed by atoms with van der Waals surface area (Å²) in [6.45, 7) is 7.23. The second-order valence-corrected chi connectivity index (χ2v) is 9.11. The number of piperidine rings is 1. The van der Waals surface area contributed by atoms with Crippen LogP contribution in [0.15, 0.2) is 24.3 Å². The van der Waals surface area contributed by atoms with Gasteiger partial charge in [-0.2, -0.15) is 0 Å². The van der Waals surface area contributed by atoms with E-state index >= 15 is 0 Å². The average molecular weight is 435 g/mol. The quantitative estimate of drug-likeness (QED) is 0.358. The fourth-order valence-electron chi connectivity index (χ4n) is 4.76. The molecule has 1 N–H and O–H groups in total. The number of carbonyl (C=O) groups excluding carboxylic acids is 2. The van der Waals surface area contributed by atoms with Gasteiger partial charge in [-0.15, -0.1) is 0 Å². The van der Waals surface area contributed by atoms with Crippen molar-refractivity contribution in [3.8, 4) is 0 Å². The van der Waals surface area contributed by atoms with Crippen LogP contribution < -0.4 is 5.32 Å². The zero-order valence-electron chi connectivity index (χ0n) is 18.1. The normalized spacial score (nSPS) is 23.3. The first-order chi connectivity index (χ1) is 14.6. The number of ketones is 1. The molecule has 0 amide bonds. The van der Waals surface area contributed by atoms with Crippen molar-refractivity contribution in [3.63, 3.8) is 0 Å². The maximum Gasteiger partial charge on any atom is 0.308 e. The highest BCUT2D eigenvalue weighted by atomic mass is 35.5. The summed E-state index contributed by atoms with van der Waals surface area (Å²) in [6.07, 6.45) is 6.08. The van der Waals surface area contributed by atoms with Crippen molar-refractivity contribution in [2.45, 2.75) is 45.4 Å². The SMILES string of the molecule is CCOC(=O)C1CCCC(CNCCN2CCC(C(=O)c3ccc(Cl)cc3)CC2)C1. The van der Waals surface area contributed by atoms with Crippen molar-refractivity contribution >= 4 is 23.4 Å².